The van der Waals surface area contributed by atoms with Crippen molar-refractivity contribution in [1.82, 2.24) is 9.55 Å². The van der Waals surface area contributed by atoms with Crippen molar-refractivity contribution in [3.05, 3.63) is 46.4 Å². The molecule has 0 saturated carbocycles. The zero-order valence-electron chi connectivity index (χ0n) is 13.9. The fraction of sp³-hybridized carbons (Fsp3) is 0.294. The Bertz CT molecular complexity index is 876. The van der Waals surface area contributed by atoms with Crippen molar-refractivity contribution < 1.29 is 9.59 Å². The molecule has 25 heavy (non-hydrogen) atoms. The number of amides is 2. The number of nitrogens with zero attached hydrogens (tertiary/aromatic N) is 2. The summed E-state index contributed by atoms with van der Waals surface area (Å²) < 4.78 is 1.61. The highest BCUT2D eigenvalue weighted by Gasteiger charge is 2.27. The molecule has 7 nitrogen and oxygen atoms in total. The third-order valence-electron chi connectivity index (χ3n) is 3.81. The Hall–Kier alpha value is -2.61. The summed E-state index contributed by atoms with van der Waals surface area (Å²) in [6.07, 6.45) is 1.78. The van der Waals surface area contributed by atoms with E-state index in [0.717, 1.165) is 0 Å². The Balaban J connectivity index is 1.66. The second kappa shape index (κ2) is 7.10. The molecule has 130 valence electrons. The van der Waals surface area contributed by atoms with Crippen LogP contribution in [-0.2, 0) is 9.59 Å². The molecule has 2 aromatic rings. The van der Waals surface area contributed by atoms with Gasteiger partial charge in [-0.1, -0.05) is 11.8 Å². The molecule has 0 fully saturated rings. The largest absolute Gasteiger partial charge is 0.326 e. The number of carbonyl (C=O) groups excluding carboxylic acids is 2. The number of aryl methyl sites for hydroxylation is 1. The molecule has 1 atom stereocenters. The zero-order valence-corrected chi connectivity index (χ0v) is 14.7. The third-order valence-corrected chi connectivity index (χ3v) is 4.92. The topological polar surface area (TPSA) is 93.1 Å². The Morgan fingerprint density at radius 1 is 1.24 bits per heavy atom. The van der Waals surface area contributed by atoms with E-state index in [9.17, 15) is 14.4 Å². The number of carbonyl (C=O) groups is 2. The maximum absolute atomic E-state index is 12.3. The van der Waals surface area contributed by atoms with Gasteiger partial charge in [-0.2, -0.15) is 0 Å². The van der Waals surface area contributed by atoms with Crippen molar-refractivity contribution in [3.63, 3.8) is 0 Å². The number of benzene rings is 1. The molecular weight excluding hydrogens is 340 g/mol. The Labute approximate surface area is 148 Å². The van der Waals surface area contributed by atoms with Crippen molar-refractivity contribution in [2.45, 2.75) is 31.5 Å². The number of fused-ring (bicyclic) bond motifs is 1. The van der Waals surface area contributed by atoms with Crippen LogP contribution in [0.2, 0.25) is 0 Å². The van der Waals surface area contributed by atoms with Crippen molar-refractivity contribution in [1.29, 1.82) is 0 Å². The molecule has 1 aromatic heterocycles. The maximum Gasteiger partial charge on any atom is 0.257 e. The van der Waals surface area contributed by atoms with Crippen LogP contribution in [0.5, 0.6) is 0 Å². The standard InChI is InChI=1S/C17H18N4O3S/c1-10-8-18-17-21(16(10)24)14(9-25-17)7-15(23)20-13-5-3-12(4-6-13)19-11(2)22/h3-6,8,14H,7,9H2,1-2H3,(H,19,22)(H,20,23). The number of hydrogen-bond donors (Lipinski definition) is 2. The SMILES string of the molecule is CC(=O)Nc1ccc(NC(=O)CC2CSc3ncc(C)c(=O)n32)cc1. The third kappa shape index (κ3) is 3.90. The molecule has 0 spiro atoms. The molecule has 3 rings (SSSR count). The lowest BCUT2D eigenvalue weighted by Gasteiger charge is -2.14. The molecule has 1 aliphatic rings. The minimum Gasteiger partial charge on any atom is -0.326 e. The smallest absolute Gasteiger partial charge is 0.257 e. The number of anilines is 2. The minimum atomic E-state index is -0.196. The summed E-state index contributed by atoms with van der Waals surface area (Å²) in [6.45, 7) is 3.16. The number of nitrogens with one attached hydrogen (secondary N) is 2. The Morgan fingerprint density at radius 3 is 2.52 bits per heavy atom. The summed E-state index contributed by atoms with van der Waals surface area (Å²) in [6, 6.07) is 6.68. The van der Waals surface area contributed by atoms with Crippen molar-refractivity contribution >= 4 is 35.0 Å². The lowest BCUT2D eigenvalue weighted by Crippen LogP contribution is -2.28. The predicted molar refractivity (Wildman–Crippen MR) is 97.0 cm³/mol. The second-order valence-electron chi connectivity index (χ2n) is 5.87. The van der Waals surface area contributed by atoms with Gasteiger partial charge >= 0.3 is 0 Å². The molecular formula is C17H18N4O3S. The van der Waals surface area contributed by atoms with E-state index >= 15 is 0 Å². The van der Waals surface area contributed by atoms with Crippen molar-refractivity contribution in [2.24, 2.45) is 0 Å². The maximum atomic E-state index is 12.3. The van der Waals surface area contributed by atoms with Gasteiger partial charge in [0.2, 0.25) is 11.8 Å². The van der Waals surface area contributed by atoms with Crippen LogP contribution in [0.4, 0.5) is 11.4 Å². The number of thioether (sulfide) groups is 1. The predicted octanol–water partition coefficient (Wildman–Crippen LogP) is 2.19. The zero-order chi connectivity index (χ0) is 18.0. The van der Waals surface area contributed by atoms with Gasteiger partial charge in [0.15, 0.2) is 5.16 Å². The van der Waals surface area contributed by atoms with E-state index in [1.54, 1.807) is 42.0 Å². The van der Waals surface area contributed by atoms with Crippen LogP contribution in [0.1, 0.15) is 24.9 Å². The van der Waals surface area contributed by atoms with Gasteiger partial charge in [0.05, 0.1) is 6.04 Å². The minimum absolute atomic E-state index is 0.0903. The number of hydrogen-bond acceptors (Lipinski definition) is 5. The average molecular weight is 358 g/mol. The molecule has 1 aliphatic heterocycles. The lowest BCUT2D eigenvalue weighted by molar-refractivity contribution is -0.117. The van der Waals surface area contributed by atoms with Crippen LogP contribution in [0.25, 0.3) is 0 Å². The fourth-order valence-electron chi connectivity index (χ4n) is 2.64. The number of rotatable bonds is 4. The summed E-state index contributed by atoms with van der Waals surface area (Å²) in [5.41, 5.74) is 1.79. The summed E-state index contributed by atoms with van der Waals surface area (Å²) >= 11 is 1.49. The quantitative estimate of drug-likeness (QED) is 0.817. The van der Waals surface area contributed by atoms with E-state index in [1.165, 1.54) is 18.7 Å². The van der Waals surface area contributed by atoms with Gasteiger partial charge in [0.25, 0.3) is 5.56 Å². The average Bonchev–Trinajstić information content (AvgIpc) is 2.96. The van der Waals surface area contributed by atoms with Gasteiger partial charge in [-0.3, -0.25) is 19.0 Å². The van der Waals surface area contributed by atoms with E-state index in [4.69, 9.17) is 0 Å². The van der Waals surface area contributed by atoms with E-state index < -0.39 is 0 Å². The molecule has 8 heteroatoms. The number of aromatic nitrogens is 2. The first-order chi connectivity index (χ1) is 11.9. The highest BCUT2D eigenvalue weighted by atomic mass is 32.2. The fourth-order valence-corrected chi connectivity index (χ4v) is 3.74. The van der Waals surface area contributed by atoms with Gasteiger partial charge in [-0.05, 0) is 31.2 Å². The first-order valence-electron chi connectivity index (χ1n) is 7.82. The molecule has 2 heterocycles. The molecule has 0 radical (unpaired) electrons. The highest BCUT2D eigenvalue weighted by Crippen LogP contribution is 2.32. The molecule has 1 unspecified atom stereocenters. The van der Waals surface area contributed by atoms with Gasteiger partial charge in [-0.25, -0.2) is 4.98 Å². The van der Waals surface area contributed by atoms with Crippen LogP contribution >= 0.6 is 11.8 Å². The van der Waals surface area contributed by atoms with Gasteiger partial charge in [-0.15, -0.1) is 0 Å². The second-order valence-corrected chi connectivity index (χ2v) is 6.86. The van der Waals surface area contributed by atoms with Crippen molar-refractivity contribution in [3.8, 4) is 0 Å². The van der Waals surface area contributed by atoms with E-state index in [2.05, 4.69) is 15.6 Å². The van der Waals surface area contributed by atoms with E-state index in [0.29, 0.717) is 27.8 Å². The summed E-state index contributed by atoms with van der Waals surface area (Å²) in [5, 5.41) is 6.14. The highest BCUT2D eigenvalue weighted by molar-refractivity contribution is 7.99. The summed E-state index contributed by atoms with van der Waals surface area (Å²) in [5.74, 6) is 0.336. The summed E-state index contributed by atoms with van der Waals surface area (Å²) in [4.78, 5) is 39.9. The Morgan fingerprint density at radius 2 is 1.88 bits per heavy atom. The lowest BCUT2D eigenvalue weighted by atomic mass is 10.2. The first-order valence-corrected chi connectivity index (χ1v) is 8.81. The van der Waals surface area contributed by atoms with Gasteiger partial charge in [0, 0.05) is 42.2 Å². The van der Waals surface area contributed by atoms with Crippen LogP contribution in [0.15, 0.2) is 40.4 Å². The van der Waals surface area contributed by atoms with Gasteiger partial charge < -0.3 is 10.6 Å². The van der Waals surface area contributed by atoms with E-state index in [1.807, 2.05) is 0 Å². The van der Waals surface area contributed by atoms with Crippen LogP contribution in [-0.4, -0.2) is 27.1 Å². The Kier molecular flexibility index (Phi) is 4.89. The van der Waals surface area contributed by atoms with E-state index in [-0.39, 0.29) is 29.8 Å². The van der Waals surface area contributed by atoms with Crippen LogP contribution in [0.3, 0.4) is 0 Å². The van der Waals surface area contributed by atoms with Crippen LogP contribution in [0, 0.1) is 6.92 Å². The van der Waals surface area contributed by atoms with Crippen molar-refractivity contribution in [2.75, 3.05) is 16.4 Å². The molecule has 2 amide bonds. The molecule has 0 saturated heterocycles. The van der Waals surface area contributed by atoms with Crippen LogP contribution < -0.4 is 16.2 Å². The molecule has 1 aromatic carbocycles. The summed E-state index contributed by atoms with van der Waals surface area (Å²) in [7, 11) is 0. The normalized spacial score (nSPS) is 15.5. The molecule has 0 bridgehead atoms. The first kappa shape index (κ1) is 17.2. The monoisotopic (exact) mass is 358 g/mol. The molecule has 2 N–H and O–H groups in total. The van der Waals surface area contributed by atoms with Gasteiger partial charge in [0.1, 0.15) is 0 Å². The molecule has 0 aliphatic carbocycles.